The molecule has 0 aromatic heterocycles. The summed E-state index contributed by atoms with van der Waals surface area (Å²) in [6.45, 7) is 0. The van der Waals surface area contributed by atoms with Gasteiger partial charge in [-0.1, -0.05) is 34.1 Å². The highest BCUT2D eigenvalue weighted by Gasteiger charge is 2.20. The third-order valence-electron chi connectivity index (χ3n) is 2.72. The highest BCUT2D eigenvalue weighted by molar-refractivity contribution is 9.09. The fraction of sp³-hybridized carbons (Fsp3) is 0.143. The van der Waals surface area contributed by atoms with Gasteiger partial charge in [0.05, 0.1) is 11.9 Å². The molecular weight excluding hydrogens is 321 g/mol. The van der Waals surface area contributed by atoms with Gasteiger partial charge in [-0.3, -0.25) is 0 Å². The molecule has 0 spiro atoms. The van der Waals surface area contributed by atoms with Crippen LogP contribution in [0.15, 0.2) is 36.4 Å². The molecule has 0 saturated carbocycles. The van der Waals surface area contributed by atoms with Crippen LogP contribution in [0.2, 0.25) is 0 Å². The lowest BCUT2D eigenvalue weighted by molar-refractivity contribution is 0.410. The van der Waals surface area contributed by atoms with Crippen LogP contribution in [0.4, 0.5) is 13.2 Å². The number of benzene rings is 2. The zero-order chi connectivity index (χ0) is 14.0. The Hall–Kier alpha value is -1.49. The van der Waals surface area contributed by atoms with Crippen molar-refractivity contribution >= 4 is 15.9 Å². The smallest absolute Gasteiger partial charge is 0.161 e. The Bertz CT molecular complexity index is 601. The summed E-state index contributed by atoms with van der Waals surface area (Å²) in [5, 5.41) is 0. The molecule has 0 N–H and O–H groups in total. The Labute approximate surface area is 117 Å². The van der Waals surface area contributed by atoms with Gasteiger partial charge >= 0.3 is 0 Å². The molecular formula is C14H10BrF3O. The molecule has 19 heavy (non-hydrogen) atoms. The van der Waals surface area contributed by atoms with Crippen LogP contribution in [0.5, 0.6) is 5.75 Å². The first-order valence-electron chi connectivity index (χ1n) is 5.46. The van der Waals surface area contributed by atoms with Gasteiger partial charge in [0, 0.05) is 17.2 Å². The van der Waals surface area contributed by atoms with Gasteiger partial charge in [-0.05, 0) is 12.1 Å². The van der Waals surface area contributed by atoms with Crippen molar-refractivity contribution in [2.24, 2.45) is 0 Å². The second-order valence-electron chi connectivity index (χ2n) is 3.89. The molecule has 0 aliphatic heterocycles. The van der Waals surface area contributed by atoms with Gasteiger partial charge in [0.25, 0.3) is 0 Å². The van der Waals surface area contributed by atoms with Crippen LogP contribution in [0.25, 0.3) is 0 Å². The lowest BCUT2D eigenvalue weighted by Crippen LogP contribution is -2.01. The molecule has 1 unspecified atom stereocenters. The third-order valence-corrected chi connectivity index (χ3v) is 3.71. The van der Waals surface area contributed by atoms with Crippen molar-refractivity contribution in [3.63, 3.8) is 0 Å². The third kappa shape index (κ3) is 2.76. The van der Waals surface area contributed by atoms with Crippen molar-refractivity contribution in [2.75, 3.05) is 7.11 Å². The molecule has 100 valence electrons. The van der Waals surface area contributed by atoms with E-state index in [2.05, 4.69) is 15.9 Å². The van der Waals surface area contributed by atoms with Gasteiger partial charge in [-0.15, -0.1) is 0 Å². The minimum Gasteiger partial charge on any atom is -0.496 e. The first kappa shape index (κ1) is 13.9. The minimum atomic E-state index is -1.21. The topological polar surface area (TPSA) is 9.23 Å². The van der Waals surface area contributed by atoms with E-state index in [1.54, 1.807) is 24.3 Å². The number of hydrogen-bond donors (Lipinski definition) is 0. The fourth-order valence-electron chi connectivity index (χ4n) is 1.78. The van der Waals surface area contributed by atoms with Crippen molar-refractivity contribution in [3.05, 3.63) is 65.0 Å². The van der Waals surface area contributed by atoms with Crippen LogP contribution in [-0.2, 0) is 0 Å². The average molecular weight is 331 g/mol. The molecule has 0 heterocycles. The first-order valence-corrected chi connectivity index (χ1v) is 6.37. The van der Waals surface area contributed by atoms with Gasteiger partial charge in [0.2, 0.25) is 0 Å². The number of rotatable bonds is 3. The predicted molar refractivity (Wildman–Crippen MR) is 70.1 cm³/mol. The number of ether oxygens (including phenoxy) is 1. The van der Waals surface area contributed by atoms with Crippen molar-refractivity contribution in [2.45, 2.75) is 4.83 Å². The summed E-state index contributed by atoms with van der Waals surface area (Å²) in [6.07, 6.45) is 0. The standard InChI is InChI=1S/C14H10BrF3O/c1-19-13-5-3-2-4-8(13)14(15)9-6-11(17)12(18)7-10(9)16/h2-7,14H,1H3. The minimum absolute atomic E-state index is 0.0170. The highest BCUT2D eigenvalue weighted by atomic mass is 79.9. The second-order valence-corrected chi connectivity index (χ2v) is 4.81. The average Bonchev–Trinajstić information content (AvgIpc) is 2.42. The van der Waals surface area contributed by atoms with E-state index >= 15 is 0 Å². The highest BCUT2D eigenvalue weighted by Crippen LogP contribution is 2.37. The van der Waals surface area contributed by atoms with Crippen LogP contribution >= 0.6 is 15.9 Å². The van der Waals surface area contributed by atoms with Crippen LogP contribution in [0.3, 0.4) is 0 Å². The van der Waals surface area contributed by atoms with E-state index in [0.29, 0.717) is 17.4 Å². The van der Waals surface area contributed by atoms with Gasteiger partial charge in [-0.2, -0.15) is 0 Å². The van der Waals surface area contributed by atoms with Crippen molar-refractivity contribution in [1.29, 1.82) is 0 Å². The van der Waals surface area contributed by atoms with E-state index in [9.17, 15) is 13.2 Å². The number of hydrogen-bond acceptors (Lipinski definition) is 1. The quantitative estimate of drug-likeness (QED) is 0.590. The molecule has 0 aliphatic carbocycles. The predicted octanol–water partition coefficient (Wildman–Crippen LogP) is 4.60. The summed E-state index contributed by atoms with van der Waals surface area (Å²) in [4.78, 5) is -0.626. The molecule has 0 bridgehead atoms. The zero-order valence-corrected chi connectivity index (χ0v) is 11.5. The number of para-hydroxylation sites is 1. The van der Waals surface area contributed by atoms with Gasteiger partial charge in [0.15, 0.2) is 11.6 Å². The second kappa shape index (κ2) is 5.65. The molecule has 0 fully saturated rings. The summed E-state index contributed by atoms with van der Waals surface area (Å²) in [5.74, 6) is -2.57. The molecule has 0 aliphatic rings. The van der Waals surface area contributed by atoms with Gasteiger partial charge < -0.3 is 4.74 Å². The van der Waals surface area contributed by atoms with Crippen molar-refractivity contribution in [1.82, 2.24) is 0 Å². The Kier molecular flexibility index (Phi) is 4.14. The first-order chi connectivity index (χ1) is 9.04. The molecule has 0 saturated heterocycles. The van der Waals surface area contributed by atoms with Crippen molar-refractivity contribution < 1.29 is 17.9 Å². The molecule has 0 radical (unpaired) electrons. The molecule has 1 nitrogen and oxygen atoms in total. The summed E-state index contributed by atoms with van der Waals surface area (Å²) in [7, 11) is 1.49. The number of halogens is 4. The number of alkyl halides is 1. The van der Waals surface area contributed by atoms with Crippen LogP contribution < -0.4 is 4.74 Å². The lowest BCUT2D eigenvalue weighted by atomic mass is 10.0. The van der Waals surface area contributed by atoms with Crippen LogP contribution in [0, 0.1) is 17.5 Å². The maximum absolute atomic E-state index is 13.7. The number of methoxy groups -OCH3 is 1. The summed E-state index contributed by atoms with van der Waals surface area (Å²) in [5.41, 5.74) is 0.651. The molecule has 5 heteroatoms. The summed E-state index contributed by atoms with van der Waals surface area (Å²) >= 11 is 3.29. The summed E-state index contributed by atoms with van der Waals surface area (Å²) < 4.78 is 45.0. The van der Waals surface area contributed by atoms with Crippen molar-refractivity contribution in [3.8, 4) is 5.75 Å². The lowest BCUT2D eigenvalue weighted by Gasteiger charge is -2.15. The van der Waals surface area contributed by atoms with E-state index < -0.39 is 22.3 Å². The largest absolute Gasteiger partial charge is 0.496 e. The molecule has 2 aromatic carbocycles. The van der Waals surface area contributed by atoms with Gasteiger partial charge in [0.1, 0.15) is 11.6 Å². The normalized spacial score (nSPS) is 12.3. The molecule has 2 aromatic rings. The van der Waals surface area contributed by atoms with Gasteiger partial charge in [-0.25, -0.2) is 13.2 Å². The Morgan fingerprint density at radius 3 is 2.26 bits per heavy atom. The monoisotopic (exact) mass is 330 g/mol. The molecule has 0 amide bonds. The van der Waals surface area contributed by atoms with E-state index in [1.165, 1.54) is 7.11 Å². The Morgan fingerprint density at radius 2 is 1.58 bits per heavy atom. The van der Waals surface area contributed by atoms with E-state index in [-0.39, 0.29) is 5.56 Å². The maximum atomic E-state index is 13.7. The zero-order valence-electron chi connectivity index (χ0n) is 9.96. The fourth-order valence-corrected chi connectivity index (χ4v) is 2.50. The van der Waals surface area contributed by atoms with E-state index in [0.717, 1.165) is 6.07 Å². The van der Waals surface area contributed by atoms with Crippen LogP contribution in [-0.4, -0.2) is 7.11 Å². The Balaban J connectivity index is 2.50. The van der Waals surface area contributed by atoms with E-state index in [1.807, 2.05) is 0 Å². The summed E-state index contributed by atoms with van der Waals surface area (Å²) in [6, 6.07) is 8.33. The SMILES string of the molecule is COc1ccccc1C(Br)c1cc(F)c(F)cc1F. The Morgan fingerprint density at radius 1 is 0.947 bits per heavy atom. The molecule has 1 atom stereocenters. The van der Waals surface area contributed by atoms with E-state index in [4.69, 9.17) is 4.74 Å². The molecule has 2 rings (SSSR count). The van der Waals surface area contributed by atoms with Crippen LogP contribution in [0.1, 0.15) is 16.0 Å². The maximum Gasteiger partial charge on any atom is 0.161 e.